The summed E-state index contributed by atoms with van der Waals surface area (Å²) in [4.78, 5) is 19.7. The first-order valence-electron chi connectivity index (χ1n) is 7.77. The highest BCUT2D eigenvalue weighted by Gasteiger charge is 2.38. The van der Waals surface area contributed by atoms with Gasteiger partial charge in [0.25, 0.3) is 5.56 Å². The molecule has 3 aromatic heterocycles. The van der Waals surface area contributed by atoms with Crippen LogP contribution in [-0.2, 0) is 19.1 Å². The molecule has 0 atom stereocenters. The van der Waals surface area contributed by atoms with Gasteiger partial charge in [-0.25, -0.2) is 0 Å². The zero-order valence-corrected chi connectivity index (χ0v) is 14.0. The molecule has 6 nitrogen and oxygen atoms in total. The summed E-state index contributed by atoms with van der Waals surface area (Å²) < 4.78 is 43.2. The molecule has 0 saturated carbocycles. The van der Waals surface area contributed by atoms with E-state index < -0.39 is 12.1 Å². The summed E-state index contributed by atoms with van der Waals surface area (Å²) in [5, 5.41) is 3.28. The molecule has 0 aromatic carbocycles. The van der Waals surface area contributed by atoms with Gasteiger partial charge in [-0.1, -0.05) is 5.16 Å². The second-order valence-corrected chi connectivity index (χ2v) is 5.86. The Balaban J connectivity index is 1.79. The van der Waals surface area contributed by atoms with Gasteiger partial charge in [-0.3, -0.25) is 9.78 Å². The number of halogens is 3. The fraction of sp³-hybridized carbons (Fsp3) is 0.294. The molecule has 0 unspecified atom stereocenters. The zero-order valence-electron chi connectivity index (χ0n) is 14.0. The fourth-order valence-corrected chi connectivity index (χ4v) is 2.47. The second-order valence-electron chi connectivity index (χ2n) is 5.86. The minimum atomic E-state index is -4.72. The van der Waals surface area contributed by atoms with Gasteiger partial charge in [0.05, 0.1) is 0 Å². The molecule has 0 aliphatic heterocycles. The molecule has 0 spiro atoms. The summed E-state index contributed by atoms with van der Waals surface area (Å²) in [6, 6.07) is 2.67. The molecule has 0 bridgehead atoms. The Morgan fingerprint density at radius 1 is 1.23 bits per heavy atom. The molecule has 0 fully saturated rings. The molecule has 3 heterocycles. The Morgan fingerprint density at radius 2 is 2.00 bits per heavy atom. The Morgan fingerprint density at radius 3 is 2.65 bits per heavy atom. The minimum absolute atomic E-state index is 0.166. The molecular formula is C17H15F3N4O2. The number of aryl methyl sites for hydroxylation is 3. The number of nitrogens with zero attached hydrogens (tertiary/aromatic N) is 4. The maximum Gasteiger partial charge on any atom is 0.471 e. The zero-order chi connectivity index (χ0) is 18.9. The van der Waals surface area contributed by atoms with Gasteiger partial charge in [0, 0.05) is 36.8 Å². The topological polar surface area (TPSA) is 73.8 Å². The van der Waals surface area contributed by atoms with Gasteiger partial charge < -0.3 is 9.09 Å². The smallest absolute Gasteiger partial charge is 0.329 e. The highest BCUT2D eigenvalue weighted by atomic mass is 19.4. The largest absolute Gasteiger partial charge is 0.471 e. The fourth-order valence-electron chi connectivity index (χ4n) is 2.47. The first-order chi connectivity index (χ1) is 12.3. The van der Waals surface area contributed by atoms with E-state index in [0.717, 1.165) is 16.7 Å². The molecule has 3 aromatic rings. The Hall–Kier alpha value is -2.97. The highest BCUT2D eigenvalue weighted by Crippen LogP contribution is 2.29. The minimum Gasteiger partial charge on any atom is -0.329 e. The molecule has 0 amide bonds. The second kappa shape index (κ2) is 6.74. The van der Waals surface area contributed by atoms with Crippen LogP contribution < -0.4 is 5.56 Å². The van der Waals surface area contributed by atoms with Crippen LogP contribution in [0.15, 0.2) is 40.0 Å². The number of hydrogen-bond donors (Lipinski definition) is 0. The Kier molecular flexibility index (Phi) is 4.62. The van der Waals surface area contributed by atoms with Crippen LogP contribution in [0.1, 0.15) is 22.6 Å². The van der Waals surface area contributed by atoms with Crippen molar-refractivity contribution in [1.82, 2.24) is 19.7 Å². The number of rotatable bonds is 4. The van der Waals surface area contributed by atoms with Crippen LogP contribution in [0.25, 0.3) is 11.4 Å². The maximum absolute atomic E-state index is 12.5. The van der Waals surface area contributed by atoms with Crippen LogP contribution in [0.2, 0.25) is 0 Å². The monoisotopic (exact) mass is 364 g/mol. The summed E-state index contributed by atoms with van der Waals surface area (Å²) >= 11 is 0. The third-order valence-corrected chi connectivity index (χ3v) is 4.12. The summed E-state index contributed by atoms with van der Waals surface area (Å²) in [5.41, 5.74) is 3.03. The number of alkyl halides is 3. The van der Waals surface area contributed by atoms with E-state index in [1.807, 2.05) is 13.8 Å². The lowest BCUT2D eigenvalue weighted by Gasteiger charge is -2.09. The summed E-state index contributed by atoms with van der Waals surface area (Å²) in [6.07, 6.45) is 0.930. The molecular weight excluding hydrogens is 349 g/mol. The third kappa shape index (κ3) is 3.66. The normalized spacial score (nSPS) is 11.7. The SMILES string of the molecule is Cc1cncc(CCn2ccc(-c3noc(C(F)(F)F)n3)cc2=O)c1C. The van der Waals surface area contributed by atoms with Crippen LogP contribution in [-0.4, -0.2) is 19.7 Å². The molecule has 3 rings (SSSR count). The van der Waals surface area contributed by atoms with Crippen molar-refractivity contribution in [2.24, 2.45) is 0 Å². The number of aromatic nitrogens is 4. The molecule has 0 saturated heterocycles. The molecule has 136 valence electrons. The van der Waals surface area contributed by atoms with Crippen LogP contribution in [0, 0.1) is 13.8 Å². The molecule has 9 heteroatoms. The lowest BCUT2D eigenvalue weighted by molar-refractivity contribution is -0.159. The first kappa shape index (κ1) is 17.8. The summed E-state index contributed by atoms with van der Waals surface area (Å²) in [6.45, 7) is 4.38. The van der Waals surface area contributed by atoms with Gasteiger partial charge >= 0.3 is 12.1 Å². The molecule has 0 radical (unpaired) electrons. The quantitative estimate of drug-likeness (QED) is 0.711. The molecule has 26 heavy (non-hydrogen) atoms. The van der Waals surface area contributed by atoms with Crippen molar-refractivity contribution < 1.29 is 17.7 Å². The van der Waals surface area contributed by atoms with Crippen LogP contribution >= 0.6 is 0 Å². The van der Waals surface area contributed by atoms with E-state index >= 15 is 0 Å². The lowest BCUT2D eigenvalue weighted by Crippen LogP contribution is -2.20. The van der Waals surface area contributed by atoms with Crippen molar-refractivity contribution in [2.75, 3.05) is 0 Å². The Labute approximate surface area is 146 Å². The van der Waals surface area contributed by atoms with Crippen molar-refractivity contribution >= 4 is 0 Å². The average molecular weight is 364 g/mol. The van der Waals surface area contributed by atoms with E-state index in [1.165, 1.54) is 22.9 Å². The van der Waals surface area contributed by atoms with Crippen LogP contribution in [0.3, 0.4) is 0 Å². The predicted molar refractivity (Wildman–Crippen MR) is 86.4 cm³/mol. The molecule has 0 aliphatic rings. The van der Waals surface area contributed by atoms with Gasteiger partial charge in [0.15, 0.2) is 0 Å². The van der Waals surface area contributed by atoms with Crippen molar-refractivity contribution in [3.05, 3.63) is 63.7 Å². The van der Waals surface area contributed by atoms with E-state index in [0.29, 0.717) is 13.0 Å². The number of pyridine rings is 2. The highest BCUT2D eigenvalue weighted by molar-refractivity contribution is 5.52. The van der Waals surface area contributed by atoms with Gasteiger partial charge in [-0.05, 0) is 43.0 Å². The van der Waals surface area contributed by atoms with E-state index in [-0.39, 0.29) is 16.9 Å². The van der Waals surface area contributed by atoms with E-state index in [1.54, 1.807) is 12.4 Å². The molecule has 0 aliphatic carbocycles. The van der Waals surface area contributed by atoms with Crippen LogP contribution in [0.4, 0.5) is 13.2 Å². The van der Waals surface area contributed by atoms with Gasteiger partial charge in [0.1, 0.15) is 0 Å². The first-order valence-corrected chi connectivity index (χ1v) is 7.77. The lowest BCUT2D eigenvalue weighted by atomic mass is 10.0. The Bertz CT molecular complexity index is 992. The van der Waals surface area contributed by atoms with Crippen molar-refractivity contribution in [2.45, 2.75) is 33.0 Å². The number of hydrogen-bond acceptors (Lipinski definition) is 5. The summed E-state index contributed by atoms with van der Waals surface area (Å²) in [7, 11) is 0. The van der Waals surface area contributed by atoms with Gasteiger partial charge in [-0.2, -0.15) is 18.2 Å². The molecule has 0 N–H and O–H groups in total. The van der Waals surface area contributed by atoms with E-state index in [4.69, 9.17) is 0 Å². The third-order valence-electron chi connectivity index (χ3n) is 4.12. The van der Waals surface area contributed by atoms with Gasteiger partial charge in [-0.15, -0.1) is 0 Å². The average Bonchev–Trinajstić information content (AvgIpc) is 3.07. The van der Waals surface area contributed by atoms with Gasteiger partial charge in [0.2, 0.25) is 5.82 Å². The van der Waals surface area contributed by atoms with E-state index in [9.17, 15) is 18.0 Å². The summed E-state index contributed by atoms with van der Waals surface area (Å²) in [5.74, 6) is -1.72. The standard InChI is InChI=1S/C17H15F3N4O2/c1-10-8-21-9-13(11(10)2)4-6-24-5-3-12(7-14(24)25)15-22-16(26-23-15)17(18,19)20/h3,5,7-9H,4,6H2,1-2H3. The van der Waals surface area contributed by atoms with Crippen molar-refractivity contribution in [1.29, 1.82) is 0 Å². The van der Waals surface area contributed by atoms with Crippen LogP contribution in [0.5, 0.6) is 0 Å². The van der Waals surface area contributed by atoms with Crippen molar-refractivity contribution in [3.8, 4) is 11.4 Å². The maximum atomic E-state index is 12.5. The van der Waals surface area contributed by atoms with E-state index in [2.05, 4.69) is 19.6 Å². The van der Waals surface area contributed by atoms with Crippen molar-refractivity contribution in [3.63, 3.8) is 0 Å². The predicted octanol–water partition coefficient (Wildman–Crippen LogP) is 3.17.